The summed E-state index contributed by atoms with van der Waals surface area (Å²) in [5.74, 6) is -2.02. The summed E-state index contributed by atoms with van der Waals surface area (Å²) in [6, 6.07) is 1.26. The van der Waals surface area contributed by atoms with Gasteiger partial charge in [-0.3, -0.25) is 0 Å². The third-order valence-corrected chi connectivity index (χ3v) is 2.83. The Labute approximate surface area is 123 Å². The van der Waals surface area contributed by atoms with Gasteiger partial charge in [0, 0.05) is 13.0 Å². The lowest BCUT2D eigenvalue weighted by atomic mass is 10.2. The molecule has 0 fully saturated rings. The Morgan fingerprint density at radius 1 is 1.30 bits per heavy atom. The summed E-state index contributed by atoms with van der Waals surface area (Å²) in [6.45, 7) is -0.0737. The molecule has 0 bridgehead atoms. The fourth-order valence-electron chi connectivity index (χ4n) is 1.27. The first-order valence-electron chi connectivity index (χ1n) is 5.41. The Balaban J connectivity index is 2.53. The minimum absolute atomic E-state index is 0.0333. The molecule has 0 spiro atoms. The predicted octanol–water partition coefficient (Wildman–Crippen LogP) is 2.09. The number of carboxylic acids is 1. The average Bonchev–Trinajstić information content (AvgIpc) is 2.33. The monoisotopic (exact) mass is 324 g/mol. The van der Waals surface area contributed by atoms with Crippen molar-refractivity contribution in [3.05, 3.63) is 28.0 Å². The molecule has 0 saturated heterocycles. The first-order valence-corrected chi connectivity index (χ1v) is 6.17. The first kappa shape index (κ1) is 16.5. The fourth-order valence-corrected chi connectivity index (χ4v) is 1.82. The fraction of sp³-hybridized carbons (Fsp3) is 0.273. The molecule has 110 valence electrons. The molecule has 0 radical (unpaired) electrons. The molecule has 1 aromatic carbocycles. The maximum Gasteiger partial charge on any atom is 0.332 e. The van der Waals surface area contributed by atoms with Gasteiger partial charge in [0.25, 0.3) is 0 Å². The van der Waals surface area contributed by atoms with Gasteiger partial charge in [0.05, 0.1) is 15.7 Å². The summed E-state index contributed by atoms with van der Waals surface area (Å²) >= 11 is 11.4. The molecule has 0 unspecified atom stereocenters. The van der Waals surface area contributed by atoms with E-state index >= 15 is 0 Å². The molecule has 0 aromatic heterocycles. The van der Waals surface area contributed by atoms with Crippen LogP contribution in [0.1, 0.15) is 6.42 Å². The van der Waals surface area contributed by atoms with Gasteiger partial charge in [0.15, 0.2) is 6.10 Å². The molecule has 4 N–H and O–H groups in total. The number of halogens is 3. The number of amides is 2. The molecular weight excluding hydrogens is 314 g/mol. The number of aliphatic carboxylic acids is 1. The zero-order valence-electron chi connectivity index (χ0n) is 9.99. The van der Waals surface area contributed by atoms with Crippen molar-refractivity contribution in [1.29, 1.82) is 0 Å². The van der Waals surface area contributed by atoms with Crippen LogP contribution in [0.5, 0.6) is 0 Å². The second-order valence-corrected chi connectivity index (χ2v) is 4.58. The van der Waals surface area contributed by atoms with Gasteiger partial charge in [-0.2, -0.15) is 0 Å². The van der Waals surface area contributed by atoms with E-state index in [9.17, 15) is 14.0 Å². The van der Waals surface area contributed by atoms with Crippen molar-refractivity contribution in [1.82, 2.24) is 5.32 Å². The summed E-state index contributed by atoms with van der Waals surface area (Å²) in [4.78, 5) is 21.8. The van der Waals surface area contributed by atoms with Crippen molar-refractivity contribution >= 4 is 40.9 Å². The number of rotatable bonds is 5. The van der Waals surface area contributed by atoms with E-state index in [2.05, 4.69) is 10.6 Å². The summed E-state index contributed by atoms with van der Waals surface area (Å²) < 4.78 is 12.9. The van der Waals surface area contributed by atoms with E-state index in [1.54, 1.807) is 0 Å². The number of carboxylic acid groups (broad SMARTS) is 1. The van der Waals surface area contributed by atoms with Gasteiger partial charge in [0.1, 0.15) is 5.82 Å². The molecule has 1 aromatic rings. The summed E-state index contributed by atoms with van der Waals surface area (Å²) in [7, 11) is 0. The number of carbonyl (C=O) groups excluding carboxylic acids is 1. The van der Waals surface area contributed by atoms with Gasteiger partial charge < -0.3 is 20.8 Å². The van der Waals surface area contributed by atoms with Gasteiger partial charge >= 0.3 is 12.0 Å². The smallest absolute Gasteiger partial charge is 0.332 e. The van der Waals surface area contributed by atoms with Gasteiger partial charge in [-0.05, 0) is 12.1 Å². The molecule has 0 aliphatic heterocycles. The van der Waals surface area contributed by atoms with Gasteiger partial charge in [-0.1, -0.05) is 23.2 Å². The summed E-state index contributed by atoms with van der Waals surface area (Å²) in [6.07, 6.45) is -1.72. The molecule has 0 heterocycles. The number of aliphatic hydroxyl groups excluding tert-OH is 1. The van der Waals surface area contributed by atoms with Gasteiger partial charge in [-0.25, -0.2) is 14.0 Å². The molecule has 6 nitrogen and oxygen atoms in total. The Bertz CT molecular complexity index is 504. The molecule has 0 aliphatic rings. The number of anilines is 1. The molecule has 20 heavy (non-hydrogen) atoms. The van der Waals surface area contributed by atoms with Crippen LogP contribution in [0.15, 0.2) is 12.1 Å². The Morgan fingerprint density at radius 2 is 1.85 bits per heavy atom. The van der Waals surface area contributed by atoms with Crippen LogP contribution < -0.4 is 10.6 Å². The number of aliphatic hydroxyl groups is 1. The minimum atomic E-state index is -1.56. The maximum absolute atomic E-state index is 12.9. The highest BCUT2D eigenvalue weighted by atomic mass is 35.5. The third-order valence-electron chi connectivity index (χ3n) is 2.23. The van der Waals surface area contributed by atoms with Crippen molar-refractivity contribution in [2.45, 2.75) is 12.5 Å². The van der Waals surface area contributed by atoms with Crippen LogP contribution in [-0.2, 0) is 4.79 Å². The molecule has 1 rings (SSSR count). The number of hydrogen-bond donors (Lipinski definition) is 4. The maximum atomic E-state index is 12.9. The Morgan fingerprint density at radius 3 is 2.35 bits per heavy atom. The topological polar surface area (TPSA) is 98.7 Å². The van der Waals surface area contributed by atoms with Crippen LogP contribution in [0.25, 0.3) is 0 Å². The standard InChI is InChI=1S/C11H11Cl2FN2O4/c12-6-3-5(14)4-7(13)9(6)16-11(20)15-2-1-8(17)10(18)19/h3-4,8,17H,1-2H2,(H,18,19)(H2,15,16,20)/t8-/m0/s1. The molecule has 0 saturated carbocycles. The van der Waals surface area contributed by atoms with Gasteiger partial charge in [-0.15, -0.1) is 0 Å². The lowest BCUT2D eigenvalue weighted by Crippen LogP contribution is -2.33. The van der Waals surface area contributed by atoms with Crippen molar-refractivity contribution in [2.75, 3.05) is 11.9 Å². The van der Waals surface area contributed by atoms with Crippen LogP contribution in [0.4, 0.5) is 14.9 Å². The molecule has 0 aliphatic carbocycles. The first-order chi connectivity index (χ1) is 9.31. The lowest BCUT2D eigenvalue weighted by molar-refractivity contribution is -0.146. The lowest BCUT2D eigenvalue weighted by Gasteiger charge is -2.11. The van der Waals surface area contributed by atoms with Crippen molar-refractivity contribution in [2.24, 2.45) is 0 Å². The van der Waals surface area contributed by atoms with Gasteiger partial charge in [0.2, 0.25) is 0 Å². The molecule has 2 amide bonds. The zero-order valence-corrected chi connectivity index (χ0v) is 11.5. The van der Waals surface area contributed by atoms with E-state index in [0.717, 1.165) is 12.1 Å². The zero-order chi connectivity index (χ0) is 15.3. The normalized spacial score (nSPS) is 11.8. The van der Waals surface area contributed by atoms with Crippen LogP contribution in [-0.4, -0.2) is 34.9 Å². The number of benzene rings is 1. The largest absolute Gasteiger partial charge is 0.479 e. The van der Waals surface area contributed by atoms with Crippen molar-refractivity contribution in [3.8, 4) is 0 Å². The molecular formula is C11H11Cl2FN2O4. The number of urea groups is 1. The van der Waals surface area contributed by atoms with Crippen LogP contribution in [0.2, 0.25) is 10.0 Å². The number of carbonyl (C=O) groups is 2. The highest BCUT2D eigenvalue weighted by Gasteiger charge is 2.14. The van der Waals surface area contributed by atoms with Crippen LogP contribution in [0, 0.1) is 5.82 Å². The van der Waals surface area contributed by atoms with E-state index in [4.69, 9.17) is 33.4 Å². The highest BCUT2D eigenvalue weighted by Crippen LogP contribution is 2.31. The molecule has 1 atom stereocenters. The minimum Gasteiger partial charge on any atom is -0.479 e. The van der Waals surface area contributed by atoms with E-state index < -0.39 is 23.9 Å². The van der Waals surface area contributed by atoms with Crippen LogP contribution in [0.3, 0.4) is 0 Å². The second kappa shape index (κ2) is 7.28. The Kier molecular flexibility index (Phi) is 6.00. The van der Waals surface area contributed by atoms with E-state index in [0.29, 0.717) is 0 Å². The average molecular weight is 325 g/mol. The number of hydrogen-bond acceptors (Lipinski definition) is 3. The second-order valence-electron chi connectivity index (χ2n) is 3.77. The SMILES string of the molecule is O=C(NCC[C@H](O)C(=O)O)Nc1c(Cl)cc(F)cc1Cl. The Hall–Kier alpha value is -1.57. The van der Waals surface area contributed by atoms with E-state index in [1.165, 1.54) is 0 Å². The highest BCUT2D eigenvalue weighted by molar-refractivity contribution is 6.39. The third kappa shape index (κ3) is 4.84. The van der Waals surface area contributed by atoms with Crippen LogP contribution >= 0.6 is 23.2 Å². The van der Waals surface area contributed by atoms with E-state index in [-0.39, 0.29) is 28.7 Å². The predicted molar refractivity (Wildman–Crippen MR) is 71.7 cm³/mol. The quantitative estimate of drug-likeness (QED) is 0.666. The van der Waals surface area contributed by atoms with Crippen molar-refractivity contribution in [3.63, 3.8) is 0 Å². The van der Waals surface area contributed by atoms with E-state index in [1.807, 2.05) is 0 Å². The number of nitrogens with one attached hydrogen (secondary N) is 2. The van der Waals surface area contributed by atoms with Crippen molar-refractivity contribution < 1.29 is 24.2 Å². The summed E-state index contributed by atoms with van der Waals surface area (Å²) in [5, 5.41) is 21.9. The molecule has 9 heteroatoms. The summed E-state index contributed by atoms with van der Waals surface area (Å²) in [5.41, 5.74) is 0.0333.